The van der Waals surface area contributed by atoms with Gasteiger partial charge in [-0.25, -0.2) is 0 Å². The summed E-state index contributed by atoms with van der Waals surface area (Å²) in [5.41, 5.74) is 4.38. The van der Waals surface area contributed by atoms with E-state index < -0.39 is 5.60 Å². The van der Waals surface area contributed by atoms with Crippen LogP contribution in [0.4, 0.5) is 0 Å². The maximum absolute atomic E-state index is 9.63. The Hall–Kier alpha value is -2.11. The molecule has 3 aliphatic rings. The molecule has 2 bridgehead atoms. The van der Waals surface area contributed by atoms with E-state index in [-0.39, 0.29) is 5.92 Å². The van der Waals surface area contributed by atoms with Crippen LogP contribution in [0.1, 0.15) is 34.6 Å². The Morgan fingerprint density at radius 1 is 1.05 bits per heavy atom. The van der Waals surface area contributed by atoms with Crippen molar-refractivity contribution in [1.29, 1.82) is 5.26 Å². The van der Waals surface area contributed by atoms with E-state index in [0.29, 0.717) is 5.92 Å². The molecule has 20 heavy (non-hydrogen) atoms. The highest BCUT2D eigenvalue weighted by Gasteiger charge is 2.54. The average molecular weight is 261 g/mol. The lowest BCUT2D eigenvalue weighted by Gasteiger charge is -2.50. The highest BCUT2D eigenvalue weighted by atomic mass is 16.5. The molecule has 0 N–H and O–H groups in total. The van der Waals surface area contributed by atoms with E-state index >= 15 is 0 Å². The third-order valence-electron chi connectivity index (χ3n) is 4.91. The van der Waals surface area contributed by atoms with Gasteiger partial charge < -0.3 is 4.74 Å². The van der Waals surface area contributed by atoms with Gasteiger partial charge in [0.05, 0.1) is 12.0 Å². The molecule has 1 atom stereocenters. The summed E-state index contributed by atoms with van der Waals surface area (Å²) >= 11 is 0. The van der Waals surface area contributed by atoms with Gasteiger partial charge in [0.15, 0.2) is 0 Å². The first-order chi connectivity index (χ1) is 9.82. The Morgan fingerprint density at radius 2 is 1.60 bits per heavy atom. The number of fused-ring (bicyclic) bond motifs is 1. The SMILES string of the molecule is COC12c3ccccc3C(C[C@@H]1C#N)c1ccccc12. The Kier molecular flexibility index (Phi) is 2.31. The fraction of sp³-hybridized carbons (Fsp3) is 0.278. The van der Waals surface area contributed by atoms with Crippen molar-refractivity contribution >= 4 is 0 Å². The molecule has 0 unspecified atom stereocenters. The summed E-state index contributed by atoms with van der Waals surface area (Å²) in [5.74, 6) is 0.200. The summed E-state index contributed by atoms with van der Waals surface area (Å²) in [5, 5.41) is 9.63. The van der Waals surface area contributed by atoms with Crippen molar-refractivity contribution in [3.8, 4) is 6.07 Å². The molecule has 0 fully saturated rings. The standard InChI is InChI=1S/C18H15NO/c1-20-18-12(11-19)10-15(13-6-2-4-8-16(13)18)14-7-3-5-9-17(14)18/h2-9,12,15H,10H2,1H3/t12-,15?,18?/m1/s1. The first-order valence-corrected chi connectivity index (χ1v) is 6.96. The number of hydrogen-bond donors (Lipinski definition) is 0. The van der Waals surface area contributed by atoms with Crippen LogP contribution < -0.4 is 0 Å². The zero-order chi connectivity index (χ0) is 13.7. The molecule has 0 aromatic heterocycles. The molecule has 0 heterocycles. The number of hydrogen-bond acceptors (Lipinski definition) is 2. The Morgan fingerprint density at radius 3 is 2.10 bits per heavy atom. The lowest BCUT2D eigenvalue weighted by molar-refractivity contribution is -0.0309. The van der Waals surface area contributed by atoms with Crippen LogP contribution in [0.25, 0.3) is 0 Å². The lowest BCUT2D eigenvalue weighted by atomic mass is 9.57. The first kappa shape index (κ1) is 11.7. The van der Waals surface area contributed by atoms with Crippen LogP contribution in [0.15, 0.2) is 48.5 Å². The zero-order valence-corrected chi connectivity index (χ0v) is 11.3. The second-order valence-electron chi connectivity index (χ2n) is 5.58. The van der Waals surface area contributed by atoms with Crippen molar-refractivity contribution in [3.05, 3.63) is 70.8 Å². The molecule has 0 saturated heterocycles. The molecule has 2 aromatic rings. The summed E-state index contributed by atoms with van der Waals surface area (Å²) in [6, 6.07) is 19.3. The van der Waals surface area contributed by atoms with Crippen molar-refractivity contribution in [3.63, 3.8) is 0 Å². The molecule has 0 spiro atoms. The van der Waals surface area contributed by atoms with Gasteiger partial charge in [0.2, 0.25) is 0 Å². The molecule has 2 heteroatoms. The molecule has 5 rings (SSSR count). The van der Waals surface area contributed by atoms with Crippen molar-refractivity contribution in [1.82, 2.24) is 0 Å². The zero-order valence-electron chi connectivity index (χ0n) is 11.3. The van der Waals surface area contributed by atoms with Gasteiger partial charge >= 0.3 is 0 Å². The quantitative estimate of drug-likeness (QED) is 0.786. The predicted octanol–water partition coefficient (Wildman–Crippen LogP) is 3.57. The maximum atomic E-state index is 9.63. The number of benzene rings is 2. The van der Waals surface area contributed by atoms with E-state index in [0.717, 1.165) is 6.42 Å². The molecule has 3 aliphatic carbocycles. The van der Waals surface area contributed by atoms with E-state index in [1.165, 1.54) is 22.3 Å². The largest absolute Gasteiger partial charge is 0.367 e. The van der Waals surface area contributed by atoms with E-state index in [1.54, 1.807) is 7.11 Å². The lowest BCUT2D eigenvalue weighted by Crippen LogP contribution is -2.48. The van der Waals surface area contributed by atoms with Gasteiger partial charge in [-0.3, -0.25) is 0 Å². The number of nitrogens with zero attached hydrogens (tertiary/aromatic N) is 1. The van der Waals surface area contributed by atoms with Crippen molar-refractivity contribution in [2.45, 2.75) is 17.9 Å². The van der Waals surface area contributed by atoms with E-state index in [9.17, 15) is 5.26 Å². The smallest absolute Gasteiger partial charge is 0.134 e. The third kappa shape index (κ3) is 1.17. The second-order valence-corrected chi connectivity index (χ2v) is 5.58. The Balaban J connectivity index is 2.12. The van der Waals surface area contributed by atoms with Crippen molar-refractivity contribution in [2.24, 2.45) is 5.92 Å². The van der Waals surface area contributed by atoms with Crippen molar-refractivity contribution < 1.29 is 4.74 Å². The summed E-state index contributed by atoms with van der Waals surface area (Å²) < 4.78 is 6.00. The maximum Gasteiger partial charge on any atom is 0.134 e. The molecule has 0 aliphatic heterocycles. The summed E-state index contributed by atoms with van der Waals surface area (Å²) in [4.78, 5) is 0. The van der Waals surface area contributed by atoms with E-state index in [1.807, 2.05) is 12.1 Å². The molecule has 2 nitrogen and oxygen atoms in total. The highest BCUT2D eigenvalue weighted by Crippen LogP contribution is 2.58. The van der Waals surface area contributed by atoms with Gasteiger partial charge in [0.25, 0.3) is 0 Å². The molecule has 0 saturated carbocycles. The summed E-state index contributed by atoms with van der Waals surface area (Å²) in [7, 11) is 1.73. The summed E-state index contributed by atoms with van der Waals surface area (Å²) in [6.45, 7) is 0. The molecular weight excluding hydrogens is 246 g/mol. The molecule has 0 radical (unpaired) electrons. The van der Waals surface area contributed by atoms with Gasteiger partial charge in [-0.15, -0.1) is 0 Å². The fourth-order valence-corrected chi connectivity index (χ4v) is 4.13. The molecule has 2 aromatic carbocycles. The van der Waals surface area contributed by atoms with Crippen LogP contribution in [0.5, 0.6) is 0 Å². The molecular formula is C18H15NO. The fourth-order valence-electron chi connectivity index (χ4n) is 4.13. The Labute approximate surface area is 118 Å². The highest BCUT2D eigenvalue weighted by molar-refractivity contribution is 5.59. The van der Waals surface area contributed by atoms with Crippen LogP contribution in [0.2, 0.25) is 0 Å². The van der Waals surface area contributed by atoms with Gasteiger partial charge in [-0.2, -0.15) is 5.26 Å². The van der Waals surface area contributed by atoms with Crippen LogP contribution >= 0.6 is 0 Å². The normalized spacial score (nSPS) is 29.4. The number of rotatable bonds is 1. The molecule has 98 valence electrons. The van der Waals surface area contributed by atoms with E-state index in [4.69, 9.17) is 4.74 Å². The Bertz CT molecular complexity index is 681. The van der Waals surface area contributed by atoms with Crippen molar-refractivity contribution in [2.75, 3.05) is 7.11 Å². The number of nitriles is 1. The minimum absolute atomic E-state index is 0.123. The number of methoxy groups -OCH3 is 1. The topological polar surface area (TPSA) is 33.0 Å². The first-order valence-electron chi connectivity index (χ1n) is 6.96. The second kappa shape index (κ2) is 3.94. The van der Waals surface area contributed by atoms with Gasteiger partial charge in [0.1, 0.15) is 5.60 Å². The van der Waals surface area contributed by atoms with Crippen LogP contribution in [-0.2, 0) is 10.3 Å². The van der Waals surface area contributed by atoms with Gasteiger partial charge in [-0.05, 0) is 28.7 Å². The average Bonchev–Trinajstić information content (AvgIpc) is 2.54. The van der Waals surface area contributed by atoms with E-state index in [2.05, 4.69) is 42.5 Å². The minimum atomic E-state index is -0.601. The number of ether oxygens (including phenoxy) is 1. The van der Waals surface area contributed by atoms with Crippen LogP contribution in [0.3, 0.4) is 0 Å². The predicted molar refractivity (Wildman–Crippen MR) is 76.2 cm³/mol. The van der Waals surface area contributed by atoms with Crippen LogP contribution in [0, 0.1) is 17.2 Å². The summed E-state index contributed by atoms with van der Waals surface area (Å²) in [6.07, 6.45) is 0.846. The minimum Gasteiger partial charge on any atom is -0.367 e. The van der Waals surface area contributed by atoms with Gasteiger partial charge in [0, 0.05) is 13.0 Å². The monoisotopic (exact) mass is 261 g/mol. The molecule has 0 amide bonds. The van der Waals surface area contributed by atoms with Crippen LogP contribution in [-0.4, -0.2) is 7.11 Å². The third-order valence-corrected chi connectivity index (χ3v) is 4.91. The van der Waals surface area contributed by atoms with Gasteiger partial charge in [-0.1, -0.05) is 48.5 Å².